The molecule has 1 heterocycles. The summed E-state index contributed by atoms with van der Waals surface area (Å²) in [5.74, 6) is 7.42. The number of imidazole rings is 1. The van der Waals surface area contributed by atoms with Crippen LogP contribution >= 0.6 is 0 Å². The second-order valence-electron chi connectivity index (χ2n) is 6.36. The van der Waals surface area contributed by atoms with Gasteiger partial charge in [-0.15, -0.1) is 0 Å². The van der Waals surface area contributed by atoms with E-state index in [-0.39, 0.29) is 0 Å². The number of rotatable bonds is 5. The van der Waals surface area contributed by atoms with Gasteiger partial charge in [0.2, 0.25) is 0 Å². The molecule has 1 saturated carbocycles. The second kappa shape index (κ2) is 6.58. The highest BCUT2D eigenvalue weighted by atomic mass is 15.3. The Balaban J connectivity index is 1.75. The zero-order chi connectivity index (χ0) is 14.7. The van der Waals surface area contributed by atoms with Gasteiger partial charge in [0.15, 0.2) is 0 Å². The van der Waals surface area contributed by atoms with Gasteiger partial charge in [-0.1, -0.05) is 38.3 Å². The van der Waals surface area contributed by atoms with E-state index in [9.17, 15) is 0 Å². The van der Waals surface area contributed by atoms with Gasteiger partial charge in [0, 0.05) is 12.6 Å². The number of nitrogens with zero attached hydrogens (tertiary/aromatic N) is 2. The Morgan fingerprint density at radius 1 is 1.38 bits per heavy atom. The zero-order valence-corrected chi connectivity index (χ0v) is 12.8. The minimum atomic E-state index is 0.331. The summed E-state index contributed by atoms with van der Waals surface area (Å²) in [6.45, 7) is 3.21. The molecule has 0 radical (unpaired) electrons. The van der Waals surface area contributed by atoms with Crippen LogP contribution < -0.4 is 11.3 Å². The first kappa shape index (κ1) is 14.5. The maximum atomic E-state index is 5.87. The van der Waals surface area contributed by atoms with Crippen molar-refractivity contribution in [2.24, 2.45) is 17.7 Å². The normalized spacial score (nSPS) is 24.3. The Bertz CT molecular complexity index is 577. The molecule has 0 spiro atoms. The molecular formula is C17H26N4. The topological polar surface area (TPSA) is 55.9 Å². The summed E-state index contributed by atoms with van der Waals surface area (Å²) in [7, 11) is 0. The largest absolute Gasteiger partial charge is 0.329 e. The Kier molecular flexibility index (Phi) is 4.56. The fourth-order valence-electron chi connectivity index (χ4n) is 3.77. The number of para-hydroxylation sites is 2. The lowest BCUT2D eigenvalue weighted by molar-refractivity contribution is 0.197. The molecule has 3 N–H and O–H groups in total. The van der Waals surface area contributed by atoms with Gasteiger partial charge in [-0.05, 0) is 36.8 Å². The number of benzene rings is 1. The van der Waals surface area contributed by atoms with Gasteiger partial charge in [0.25, 0.3) is 0 Å². The number of hydrogen-bond acceptors (Lipinski definition) is 3. The predicted octanol–water partition coefficient (Wildman–Crippen LogP) is 3.08. The minimum absolute atomic E-state index is 0.331. The molecule has 0 aliphatic heterocycles. The maximum absolute atomic E-state index is 5.87. The lowest BCUT2D eigenvalue weighted by Crippen LogP contribution is -2.45. The third-order valence-electron chi connectivity index (χ3n) is 5.10. The summed E-state index contributed by atoms with van der Waals surface area (Å²) in [5, 5.41) is 0. The molecule has 1 aliphatic carbocycles. The number of hydrazine groups is 1. The summed E-state index contributed by atoms with van der Waals surface area (Å²) in [5.41, 5.74) is 5.32. The van der Waals surface area contributed by atoms with Gasteiger partial charge in [0.1, 0.15) is 0 Å². The molecule has 21 heavy (non-hydrogen) atoms. The monoisotopic (exact) mass is 286 g/mol. The smallest absolute Gasteiger partial charge is 0.0958 e. The van der Waals surface area contributed by atoms with Crippen molar-refractivity contribution in [1.29, 1.82) is 0 Å². The molecule has 0 bridgehead atoms. The van der Waals surface area contributed by atoms with Crippen LogP contribution in [0, 0.1) is 11.8 Å². The fourth-order valence-corrected chi connectivity index (χ4v) is 3.77. The van der Waals surface area contributed by atoms with Crippen molar-refractivity contribution in [1.82, 2.24) is 15.0 Å². The van der Waals surface area contributed by atoms with Gasteiger partial charge in [-0.2, -0.15) is 0 Å². The van der Waals surface area contributed by atoms with Crippen LogP contribution in [0.1, 0.15) is 39.0 Å². The standard InChI is InChI=1S/C17H26N4/c1-2-13-6-5-7-14(10-13)16(20-18)11-21-12-19-15-8-3-4-9-17(15)21/h3-4,8-9,12-14,16,20H,2,5-7,10-11,18H2,1H3. The third kappa shape index (κ3) is 3.11. The maximum Gasteiger partial charge on any atom is 0.0958 e. The molecule has 0 saturated heterocycles. The quantitative estimate of drug-likeness (QED) is 0.656. The number of nitrogens with one attached hydrogen (secondary N) is 1. The number of aromatic nitrogens is 2. The van der Waals surface area contributed by atoms with Crippen LogP contribution in [0.4, 0.5) is 0 Å². The van der Waals surface area contributed by atoms with Gasteiger partial charge >= 0.3 is 0 Å². The molecule has 1 aromatic carbocycles. The van der Waals surface area contributed by atoms with Crippen molar-refractivity contribution < 1.29 is 0 Å². The lowest BCUT2D eigenvalue weighted by Gasteiger charge is -2.34. The molecule has 4 nitrogen and oxygen atoms in total. The van der Waals surface area contributed by atoms with Crippen LogP contribution in [0.3, 0.4) is 0 Å². The fraction of sp³-hybridized carbons (Fsp3) is 0.588. The van der Waals surface area contributed by atoms with E-state index >= 15 is 0 Å². The number of fused-ring (bicyclic) bond motifs is 1. The van der Waals surface area contributed by atoms with Crippen LogP contribution in [0.25, 0.3) is 11.0 Å². The summed E-state index contributed by atoms with van der Waals surface area (Å²) >= 11 is 0. The summed E-state index contributed by atoms with van der Waals surface area (Å²) < 4.78 is 2.23. The van der Waals surface area contributed by atoms with Gasteiger partial charge in [-0.25, -0.2) is 4.98 Å². The first-order chi connectivity index (χ1) is 10.3. The minimum Gasteiger partial charge on any atom is -0.329 e. The van der Waals surface area contributed by atoms with E-state index < -0.39 is 0 Å². The van der Waals surface area contributed by atoms with Gasteiger partial charge in [0.05, 0.1) is 17.4 Å². The van der Waals surface area contributed by atoms with Crippen molar-refractivity contribution >= 4 is 11.0 Å². The molecule has 1 aromatic heterocycles. The van der Waals surface area contributed by atoms with Gasteiger partial charge < -0.3 is 4.57 Å². The van der Waals surface area contributed by atoms with Crippen molar-refractivity contribution in [3.05, 3.63) is 30.6 Å². The van der Waals surface area contributed by atoms with Crippen LogP contribution in [0.15, 0.2) is 30.6 Å². The van der Waals surface area contributed by atoms with E-state index in [1.165, 1.54) is 37.6 Å². The van der Waals surface area contributed by atoms with Crippen molar-refractivity contribution in [3.63, 3.8) is 0 Å². The van der Waals surface area contributed by atoms with Crippen molar-refractivity contribution in [3.8, 4) is 0 Å². The second-order valence-corrected chi connectivity index (χ2v) is 6.36. The molecule has 2 aromatic rings. The van der Waals surface area contributed by atoms with E-state index in [0.717, 1.165) is 18.0 Å². The third-order valence-corrected chi connectivity index (χ3v) is 5.10. The SMILES string of the molecule is CCC1CCCC(C(Cn2cnc3ccccc32)NN)C1. The molecule has 0 amide bonds. The Hall–Kier alpha value is -1.39. The molecule has 1 aliphatic rings. The Morgan fingerprint density at radius 2 is 2.24 bits per heavy atom. The molecule has 3 rings (SSSR count). The Morgan fingerprint density at radius 3 is 3.05 bits per heavy atom. The molecule has 3 atom stereocenters. The summed E-state index contributed by atoms with van der Waals surface area (Å²) in [6.07, 6.45) is 8.55. The first-order valence-corrected chi connectivity index (χ1v) is 8.17. The average molecular weight is 286 g/mol. The predicted molar refractivity (Wildman–Crippen MR) is 86.6 cm³/mol. The van der Waals surface area contributed by atoms with Crippen molar-refractivity contribution in [2.75, 3.05) is 0 Å². The molecular weight excluding hydrogens is 260 g/mol. The van der Waals surface area contributed by atoms with Crippen LogP contribution in [-0.2, 0) is 6.54 Å². The number of hydrogen-bond donors (Lipinski definition) is 2. The van der Waals surface area contributed by atoms with Gasteiger partial charge in [-0.3, -0.25) is 11.3 Å². The summed E-state index contributed by atoms with van der Waals surface area (Å²) in [6, 6.07) is 8.62. The Labute approximate surface area is 126 Å². The van der Waals surface area contributed by atoms with E-state index in [2.05, 4.69) is 40.1 Å². The first-order valence-electron chi connectivity index (χ1n) is 8.17. The lowest BCUT2D eigenvalue weighted by atomic mass is 9.77. The zero-order valence-electron chi connectivity index (χ0n) is 12.8. The highest BCUT2D eigenvalue weighted by molar-refractivity contribution is 5.74. The molecule has 1 fully saturated rings. The highest BCUT2D eigenvalue weighted by Crippen LogP contribution is 2.33. The van der Waals surface area contributed by atoms with Crippen LogP contribution in [0.2, 0.25) is 0 Å². The van der Waals surface area contributed by atoms with E-state index in [1.54, 1.807) is 0 Å². The van der Waals surface area contributed by atoms with E-state index in [4.69, 9.17) is 5.84 Å². The van der Waals surface area contributed by atoms with E-state index in [1.807, 2.05) is 12.4 Å². The van der Waals surface area contributed by atoms with E-state index in [0.29, 0.717) is 12.0 Å². The average Bonchev–Trinajstić information content (AvgIpc) is 2.95. The molecule has 4 heteroatoms. The highest BCUT2D eigenvalue weighted by Gasteiger charge is 2.27. The number of nitrogens with two attached hydrogens (primary N) is 1. The molecule has 114 valence electrons. The van der Waals surface area contributed by atoms with Crippen LogP contribution in [-0.4, -0.2) is 15.6 Å². The van der Waals surface area contributed by atoms with Crippen molar-refractivity contribution in [2.45, 2.75) is 51.6 Å². The van der Waals surface area contributed by atoms with Crippen LogP contribution in [0.5, 0.6) is 0 Å². The molecule has 3 unspecified atom stereocenters. The summed E-state index contributed by atoms with van der Waals surface area (Å²) in [4.78, 5) is 4.48.